The summed E-state index contributed by atoms with van der Waals surface area (Å²) < 4.78 is 1.09. The van der Waals surface area contributed by atoms with Gasteiger partial charge in [0.05, 0.1) is 5.92 Å². The van der Waals surface area contributed by atoms with Gasteiger partial charge in [-0.3, -0.25) is 4.79 Å². The molecule has 1 fully saturated rings. The number of rotatable bonds is 2. The number of aliphatic carboxylic acids is 1. The SMILES string of the molecule is C[C@@H]1CN(C(=O)Nc2ccc(I)cc2)C[C@H]1C(=O)O. The van der Waals surface area contributed by atoms with Crippen molar-refractivity contribution in [2.45, 2.75) is 6.92 Å². The van der Waals surface area contributed by atoms with Crippen LogP contribution in [0.1, 0.15) is 6.92 Å². The maximum absolute atomic E-state index is 12.0. The molecular formula is C13H15IN2O3. The lowest BCUT2D eigenvalue weighted by molar-refractivity contribution is -0.142. The van der Waals surface area contributed by atoms with Gasteiger partial charge in [-0.15, -0.1) is 0 Å². The van der Waals surface area contributed by atoms with Gasteiger partial charge in [0.1, 0.15) is 0 Å². The van der Waals surface area contributed by atoms with E-state index in [0.29, 0.717) is 6.54 Å². The summed E-state index contributed by atoms with van der Waals surface area (Å²) in [7, 11) is 0. The predicted octanol–water partition coefficient (Wildman–Crippen LogP) is 2.48. The van der Waals surface area contributed by atoms with E-state index in [9.17, 15) is 9.59 Å². The van der Waals surface area contributed by atoms with Crippen molar-refractivity contribution in [2.75, 3.05) is 18.4 Å². The van der Waals surface area contributed by atoms with E-state index in [1.54, 1.807) is 4.90 Å². The van der Waals surface area contributed by atoms with Crippen LogP contribution in [0.5, 0.6) is 0 Å². The molecule has 2 atom stereocenters. The van der Waals surface area contributed by atoms with Gasteiger partial charge in [-0.25, -0.2) is 4.79 Å². The van der Waals surface area contributed by atoms with E-state index in [2.05, 4.69) is 27.9 Å². The molecule has 0 aliphatic carbocycles. The van der Waals surface area contributed by atoms with Crippen molar-refractivity contribution in [2.24, 2.45) is 11.8 Å². The van der Waals surface area contributed by atoms with E-state index >= 15 is 0 Å². The Morgan fingerprint density at radius 2 is 1.95 bits per heavy atom. The van der Waals surface area contributed by atoms with Crippen molar-refractivity contribution < 1.29 is 14.7 Å². The number of carbonyl (C=O) groups excluding carboxylic acids is 1. The quantitative estimate of drug-likeness (QED) is 0.782. The van der Waals surface area contributed by atoms with Gasteiger partial charge in [-0.05, 0) is 52.8 Å². The third-order valence-corrected chi connectivity index (χ3v) is 4.03. The molecule has 19 heavy (non-hydrogen) atoms. The zero-order valence-electron chi connectivity index (χ0n) is 10.5. The van der Waals surface area contributed by atoms with Crippen LogP contribution in [0, 0.1) is 15.4 Å². The molecular weight excluding hydrogens is 359 g/mol. The first kappa shape index (κ1) is 14.1. The fourth-order valence-electron chi connectivity index (χ4n) is 2.19. The Labute approximate surface area is 125 Å². The summed E-state index contributed by atoms with van der Waals surface area (Å²) in [5, 5.41) is 11.8. The summed E-state index contributed by atoms with van der Waals surface area (Å²) in [5.41, 5.74) is 0.719. The van der Waals surface area contributed by atoms with Gasteiger partial charge in [0.25, 0.3) is 0 Å². The smallest absolute Gasteiger partial charge is 0.321 e. The number of carboxylic acids is 1. The second-order valence-corrected chi connectivity index (χ2v) is 6.01. The van der Waals surface area contributed by atoms with Crippen molar-refractivity contribution in [3.8, 4) is 0 Å². The summed E-state index contributed by atoms with van der Waals surface area (Å²) in [5.74, 6) is -1.32. The molecule has 0 unspecified atom stereocenters. The molecule has 6 heteroatoms. The zero-order valence-corrected chi connectivity index (χ0v) is 12.6. The summed E-state index contributed by atoms with van der Waals surface area (Å²) in [6.45, 7) is 2.61. The standard InChI is InChI=1S/C13H15IN2O3/c1-8-6-16(7-11(8)12(17)18)13(19)15-10-4-2-9(14)3-5-10/h2-5,8,11H,6-7H2,1H3,(H,15,19)(H,17,18)/t8-,11-/m1/s1. The Bertz CT molecular complexity index is 489. The van der Waals surface area contributed by atoms with Crippen LogP contribution in [0.4, 0.5) is 10.5 Å². The fraction of sp³-hybridized carbons (Fsp3) is 0.385. The highest BCUT2D eigenvalue weighted by Crippen LogP contribution is 2.24. The Balaban J connectivity index is 1.98. The van der Waals surface area contributed by atoms with Crippen molar-refractivity contribution in [1.82, 2.24) is 4.90 Å². The first-order valence-corrected chi connectivity index (χ1v) is 7.09. The second kappa shape index (κ2) is 5.77. The Kier molecular flexibility index (Phi) is 4.28. The van der Waals surface area contributed by atoms with Crippen LogP contribution in [0.3, 0.4) is 0 Å². The zero-order chi connectivity index (χ0) is 14.0. The number of nitrogens with one attached hydrogen (secondary N) is 1. The molecule has 0 spiro atoms. The monoisotopic (exact) mass is 374 g/mol. The van der Waals surface area contributed by atoms with Crippen molar-refractivity contribution in [1.29, 1.82) is 0 Å². The number of urea groups is 1. The molecule has 0 radical (unpaired) electrons. The second-order valence-electron chi connectivity index (χ2n) is 4.76. The molecule has 1 aromatic rings. The molecule has 102 valence electrons. The Hall–Kier alpha value is -1.31. The van der Waals surface area contributed by atoms with Crippen LogP contribution in [-0.4, -0.2) is 35.1 Å². The minimum atomic E-state index is -0.836. The van der Waals surface area contributed by atoms with Crippen LogP contribution in [0.15, 0.2) is 24.3 Å². The summed E-state index contributed by atoms with van der Waals surface area (Å²) >= 11 is 2.19. The molecule has 1 heterocycles. The Morgan fingerprint density at radius 3 is 2.47 bits per heavy atom. The van der Waals surface area contributed by atoms with Gasteiger partial charge in [0, 0.05) is 22.3 Å². The van der Waals surface area contributed by atoms with Crippen LogP contribution in [0.2, 0.25) is 0 Å². The number of nitrogens with zero attached hydrogens (tertiary/aromatic N) is 1. The molecule has 1 aliphatic heterocycles. The highest BCUT2D eigenvalue weighted by Gasteiger charge is 2.36. The minimum absolute atomic E-state index is 0.0139. The van der Waals surface area contributed by atoms with E-state index < -0.39 is 11.9 Å². The van der Waals surface area contributed by atoms with Crippen molar-refractivity contribution >= 4 is 40.3 Å². The van der Waals surface area contributed by atoms with Gasteiger partial charge in [-0.1, -0.05) is 6.92 Å². The van der Waals surface area contributed by atoms with Gasteiger partial charge in [0.2, 0.25) is 0 Å². The maximum atomic E-state index is 12.0. The van der Waals surface area contributed by atoms with Gasteiger partial charge in [0.15, 0.2) is 0 Å². The normalized spacial score (nSPS) is 22.3. The third-order valence-electron chi connectivity index (χ3n) is 3.31. The molecule has 2 amide bonds. The van der Waals surface area contributed by atoms with Crippen molar-refractivity contribution in [3.05, 3.63) is 27.8 Å². The number of amides is 2. The highest BCUT2D eigenvalue weighted by molar-refractivity contribution is 14.1. The average molecular weight is 374 g/mol. The lowest BCUT2D eigenvalue weighted by Gasteiger charge is -2.16. The number of benzene rings is 1. The Morgan fingerprint density at radius 1 is 1.32 bits per heavy atom. The molecule has 2 N–H and O–H groups in total. The van der Waals surface area contributed by atoms with Crippen LogP contribution >= 0.6 is 22.6 Å². The molecule has 0 bridgehead atoms. The molecule has 1 saturated heterocycles. The molecule has 5 nitrogen and oxygen atoms in total. The van der Waals surface area contributed by atoms with Crippen LogP contribution < -0.4 is 5.32 Å². The lowest BCUT2D eigenvalue weighted by Crippen LogP contribution is -2.33. The van der Waals surface area contributed by atoms with Crippen molar-refractivity contribution in [3.63, 3.8) is 0 Å². The average Bonchev–Trinajstić information content (AvgIpc) is 2.74. The van der Waals surface area contributed by atoms with E-state index in [1.807, 2.05) is 31.2 Å². The highest BCUT2D eigenvalue weighted by atomic mass is 127. The molecule has 1 aliphatic rings. The maximum Gasteiger partial charge on any atom is 0.321 e. The number of carbonyl (C=O) groups is 2. The number of anilines is 1. The molecule has 0 saturated carbocycles. The van der Waals surface area contributed by atoms with E-state index in [0.717, 1.165) is 9.26 Å². The van der Waals surface area contributed by atoms with Gasteiger partial charge in [-0.2, -0.15) is 0 Å². The van der Waals surface area contributed by atoms with Crippen LogP contribution in [-0.2, 0) is 4.79 Å². The molecule has 2 rings (SSSR count). The third kappa shape index (κ3) is 3.37. The molecule has 1 aromatic carbocycles. The largest absolute Gasteiger partial charge is 0.481 e. The number of hydrogen-bond acceptors (Lipinski definition) is 2. The van der Waals surface area contributed by atoms with E-state index in [-0.39, 0.29) is 18.5 Å². The number of hydrogen-bond donors (Lipinski definition) is 2. The van der Waals surface area contributed by atoms with Gasteiger partial charge >= 0.3 is 12.0 Å². The van der Waals surface area contributed by atoms with E-state index in [1.165, 1.54) is 0 Å². The first-order chi connectivity index (χ1) is 8.97. The summed E-state index contributed by atoms with van der Waals surface area (Å²) in [6.07, 6.45) is 0. The minimum Gasteiger partial charge on any atom is -0.481 e. The lowest BCUT2D eigenvalue weighted by atomic mass is 9.99. The first-order valence-electron chi connectivity index (χ1n) is 6.01. The fourth-order valence-corrected chi connectivity index (χ4v) is 2.55. The topological polar surface area (TPSA) is 69.6 Å². The number of likely N-dealkylation sites (tertiary alicyclic amines) is 1. The summed E-state index contributed by atoms with van der Waals surface area (Å²) in [4.78, 5) is 24.6. The summed E-state index contributed by atoms with van der Waals surface area (Å²) in [6, 6.07) is 7.23. The molecule has 0 aromatic heterocycles. The predicted molar refractivity (Wildman–Crippen MR) is 80.0 cm³/mol. The van der Waals surface area contributed by atoms with Crippen LogP contribution in [0.25, 0.3) is 0 Å². The number of carboxylic acid groups (broad SMARTS) is 1. The number of halogens is 1. The van der Waals surface area contributed by atoms with Gasteiger partial charge < -0.3 is 15.3 Å². The van der Waals surface area contributed by atoms with E-state index in [4.69, 9.17) is 5.11 Å².